The van der Waals surface area contributed by atoms with Crippen molar-refractivity contribution >= 4 is 11.7 Å². The van der Waals surface area contributed by atoms with E-state index in [1.54, 1.807) is 12.3 Å². The maximum absolute atomic E-state index is 11.4. The fourth-order valence-corrected chi connectivity index (χ4v) is 1.37. The Morgan fingerprint density at radius 2 is 2.17 bits per heavy atom. The summed E-state index contributed by atoms with van der Waals surface area (Å²) >= 11 is 0. The van der Waals surface area contributed by atoms with Gasteiger partial charge in [0.25, 0.3) is 0 Å². The molecule has 0 spiro atoms. The zero-order valence-corrected chi connectivity index (χ0v) is 10.9. The van der Waals surface area contributed by atoms with Gasteiger partial charge in [0.05, 0.1) is 12.5 Å². The van der Waals surface area contributed by atoms with Crippen molar-refractivity contribution in [2.45, 2.75) is 39.8 Å². The van der Waals surface area contributed by atoms with E-state index in [1.165, 1.54) is 6.92 Å². The molecule has 0 fully saturated rings. The third kappa shape index (κ3) is 4.95. The third-order valence-electron chi connectivity index (χ3n) is 2.08. The molecule has 0 atom stereocenters. The number of pyridine rings is 1. The average molecular weight is 250 g/mol. The molecule has 1 aromatic rings. The number of carbonyl (C=O) groups is 2. The first kappa shape index (κ1) is 14.2. The first-order valence-electron chi connectivity index (χ1n) is 5.85. The molecule has 0 saturated carbocycles. The van der Waals surface area contributed by atoms with Crippen LogP contribution in [0.2, 0.25) is 0 Å². The van der Waals surface area contributed by atoms with Crippen molar-refractivity contribution < 1.29 is 14.3 Å². The van der Waals surface area contributed by atoms with Gasteiger partial charge in [-0.15, -0.1) is 0 Å². The van der Waals surface area contributed by atoms with E-state index in [9.17, 15) is 9.59 Å². The molecule has 0 unspecified atom stereocenters. The number of rotatable bonds is 6. The summed E-state index contributed by atoms with van der Waals surface area (Å²) in [7, 11) is 0. The second kappa shape index (κ2) is 6.74. The minimum atomic E-state index is -0.290. The monoisotopic (exact) mass is 250 g/mol. The number of hydrogen-bond donors (Lipinski definition) is 1. The molecule has 18 heavy (non-hydrogen) atoms. The van der Waals surface area contributed by atoms with Gasteiger partial charge in [-0.1, -0.05) is 6.07 Å². The van der Waals surface area contributed by atoms with Crippen molar-refractivity contribution in [1.82, 2.24) is 10.3 Å². The smallest absolute Gasteiger partial charge is 0.227 e. The van der Waals surface area contributed by atoms with E-state index >= 15 is 0 Å². The Bertz CT molecular complexity index is 430. The lowest BCUT2D eigenvalue weighted by molar-refractivity contribution is -0.127. The van der Waals surface area contributed by atoms with Crippen LogP contribution in [-0.2, 0) is 16.1 Å². The molecule has 0 aromatic carbocycles. The predicted octanol–water partition coefficient (Wildman–Crippen LogP) is 1.46. The van der Waals surface area contributed by atoms with E-state index in [0.717, 1.165) is 5.56 Å². The van der Waals surface area contributed by atoms with Crippen LogP contribution < -0.4 is 10.1 Å². The molecule has 5 heteroatoms. The number of ether oxygens (including phenoxy) is 1. The topological polar surface area (TPSA) is 68.3 Å². The van der Waals surface area contributed by atoms with Crippen molar-refractivity contribution in [1.29, 1.82) is 0 Å². The molecule has 1 heterocycles. The number of hydrogen-bond acceptors (Lipinski definition) is 4. The van der Waals surface area contributed by atoms with Gasteiger partial charge in [-0.25, -0.2) is 4.98 Å². The third-order valence-corrected chi connectivity index (χ3v) is 2.08. The maximum Gasteiger partial charge on any atom is 0.227 e. The van der Waals surface area contributed by atoms with Gasteiger partial charge in [-0.05, 0) is 26.8 Å². The van der Waals surface area contributed by atoms with Crippen LogP contribution in [0.15, 0.2) is 18.3 Å². The summed E-state index contributed by atoms with van der Waals surface area (Å²) in [6, 6.07) is 3.61. The second-order valence-corrected chi connectivity index (χ2v) is 4.29. The highest BCUT2D eigenvalue weighted by Gasteiger charge is 2.09. The fourth-order valence-electron chi connectivity index (χ4n) is 1.37. The van der Waals surface area contributed by atoms with E-state index < -0.39 is 0 Å². The van der Waals surface area contributed by atoms with Gasteiger partial charge >= 0.3 is 0 Å². The summed E-state index contributed by atoms with van der Waals surface area (Å²) in [5.41, 5.74) is 0.795. The molecule has 1 amide bonds. The number of Topliss-reactive ketones (excluding diaryl/α,β-unsaturated/α-hetero) is 1. The van der Waals surface area contributed by atoms with Crippen LogP contribution in [0.25, 0.3) is 0 Å². The quantitative estimate of drug-likeness (QED) is 0.776. The van der Waals surface area contributed by atoms with Crippen LogP contribution in [0.4, 0.5) is 0 Å². The molecule has 98 valence electrons. The molecule has 0 saturated heterocycles. The van der Waals surface area contributed by atoms with Gasteiger partial charge in [0.15, 0.2) is 0 Å². The number of nitrogens with zero attached hydrogens (tertiary/aromatic N) is 1. The second-order valence-electron chi connectivity index (χ2n) is 4.29. The molecule has 5 nitrogen and oxygen atoms in total. The summed E-state index contributed by atoms with van der Waals surface area (Å²) in [4.78, 5) is 26.3. The normalized spacial score (nSPS) is 10.2. The molecule has 0 aliphatic carbocycles. The minimum Gasteiger partial charge on any atom is -0.475 e. The lowest BCUT2D eigenvalue weighted by atomic mass is 10.2. The van der Waals surface area contributed by atoms with Gasteiger partial charge < -0.3 is 10.1 Å². The van der Waals surface area contributed by atoms with Crippen LogP contribution in [-0.4, -0.2) is 22.8 Å². The zero-order valence-electron chi connectivity index (χ0n) is 10.9. The van der Waals surface area contributed by atoms with E-state index in [2.05, 4.69) is 10.3 Å². The van der Waals surface area contributed by atoms with Gasteiger partial charge in [-0.2, -0.15) is 0 Å². The lowest BCUT2D eigenvalue weighted by Gasteiger charge is -2.13. The largest absolute Gasteiger partial charge is 0.475 e. The Hall–Kier alpha value is -1.91. The number of amides is 1. The summed E-state index contributed by atoms with van der Waals surface area (Å²) in [6.07, 6.45) is 1.56. The number of aromatic nitrogens is 1. The Labute approximate surface area is 107 Å². The minimum absolute atomic E-state index is 0.0200. The van der Waals surface area contributed by atoms with E-state index in [0.29, 0.717) is 12.4 Å². The molecule has 0 aliphatic rings. The van der Waals surface area contributed by atoms with Crippen LogP contribution in [0.1, 0.15) is 32.8 Å². The average Bonchev–Trinajstić information content (AvgIpc) is 2.26. The molecule has 0 bridgehead atoms. The molecular weight excluding hydrogens is 232 g/mol. The molecule has 1 aromatic heterocycles. The van der Waals surface area contributed by atoms with Gasteiger partial charge in [0.1, 0.15) is 5.78 Å². The van der Waals surface area contributed by atoms with Crippen LogP contribution in [0, 0.1) is 0 Å². The van der Waals surface area contributed by atoms with Gasteiger partial charge in [0, 0.05) is 18.3 Å². The number of nitrogens with one attached hydrogen (secondary N) is 1. The molecule has 0 radical (unpaired) electrons. The van der Waals surface area contributed by atoms with Crippen molar-refractivity contribution in [2.75, 3.05) is 0 Å². The predicted molar refractivity (Wildman–Crippen MR) is 67.1 cm³/mol. The van der Waals surface area contributed by atoms with Crippen molar-refractivity contribution in [3.05, 3.63) is 23.9 Å². The first-order chi connectivity index (χ1) is 8.49. The Morgan fingerprint density at radius 1 is 1.44 bits per heavy atom. The summed E-state index contributed by atoms with van der Waals surface area (Å²) in [5, 5.41) is 2.66. The summed E-state index contributed by atoms with van der Waals surface area (Å²) in [6.45, 7) is 5.51. The van der Waals surface area contributed by atoms with Crippen molar-refractivity contribution in [2.24, 2.45) is 0 Å². The highest BCUT2D eigenvalue weighted by Crippen LogP contribution is 2.15. The lowest BCUT2D eigenvalue weighted by Crippen LogP contribution is -2.25. The molecule has 1 rings (SSSR count). The van der Waals surface area contributed by atoms with Gasteiger partial charge in [-0.3, -0.25) is 9.59 Å². The summed E-state index contributed by atoms with van der Waals surface area (Å²) in [5.74, 6) is 0.0646. The van der Waals surface area contributed by atoms with E-state index in [-0.39, 0.29) is 24.2 Å². The van der Waals surface area contributed by atoms with E-state index in [4.69, 9.17) is 4.74 Å². The molecule has 0 aliphatic heterocycles. The van der Waals surface area contributed by atoms with Crippen LogP contribution in [0.3, 0.4) is 0 Å². The highest BCUT2D eigenvalue weighted by molar-refractivity contribution is 5.96. The Balaban J connectivity index is 2.61. The summed E-state index contributed by atoms with van der Waals surface area (Å²) < 4.78 is 5.53. The van der Waals surface area contributed by atoms with Crippen molar-refractivity contribution in [3.8, 4) is 5.88 Å². The van der Waals surface area contributed by atoms with Gasteiger partial charge in [0.2, 0.25) is 11.8 Å². The first-order valence-corrected chi connectivity index (χ1v) is 5.85. The van der Waals surface area contributed by atoms with Crippen LogP contribution >= 0.6 is 0 Å². The standard InChI is InChI=1S/C13H18N2O3/c1-9(2)18-13-11(5-4-6-14-13)8-15-12(17)7-10(3)16/h4-6,9H,7-8H2,1-3H3,(H,15,17). The van der Waals surface area contributed by atoms with E-state index in [1.807, 2.05) is 19.9 Å². The molecular formula is C13H18N2O3. The van der Waals surface area contributed by atoms with Crippen LogP contribution in [0.5, 0.6) is 5.88 Å². The number of ketones is 1. The van der Waals surface area contributed by atoms with Crippen molar-refractivity contribution in [3.63, 3.8) is 0 Å². The number of carbonyl (C=O) groups excluding carboxylic acids is 2. The molecule has 1 N–H and O–H groups in total. The Kier molecular flexibility index (Phi) is 5.30. The SMILES string of the molecule is CC(=O)CC(=O)NCc1cccnc1OC(C)C. The zero-order chi connectivity index (χ0) is 13.5. The maximum atomic E-state index is 11.4. The highest BCUT2D eigenvalue weighted by atomic mass is 16.5. The fraction of sp³-hybridized carbons (Fsp3) is 0.462. The Morgan fingerprint density at radius 3 is 2.78 bits per heavy atom.